The number of primary amides is 1. The summed E-state index contributed by atoms with van der Waals surface area (Å²) in [7, 11) is 0. The molecule has 0 aliphatic heterocycles. The molecule has 6 nitrogen and oxygen atoms in total. The van der Waals surface area contributed by atoms with E-state index >= 15 is 0 Å². The highest BCUT2D eigenvalue weighted by atomic mass is 79.9. The first-order valence-electron chi connectivity index (χ1n) is 12.3. The molecule has 2 N–H and O–H groups in total. The van der Waals surface area contributed by atoms with Gasteiger partial charge in [0.25, 0.3) is 5.91 Å². The van der Waals surface area contributed by atoms with Gasteiger partial charge in [-0.05, 0) is 85.2 Å². The number of benzene rings is 3. The zero-order valence-electron chi connectivity index (χ0n) is 20.8. The first-order valence-corrected chi connectivity index (χ1v) is 14.5. The van der Waals surface area contributed by atoms with Crippen LogP contribution in [0.15, 0.2) is 63.5 Å². The monoisotopic (exact) mass is 653 g/mol. The Morgan fingerprint density at radius 1 is 1.15 bits per heavy atom. The lowest BCUT2D eigenvalue weighted by Crippen LogP contribution is -2.29. The molecule has 1 aromatic heterocycles. The normalized spacial score (nSPS) is 14.4. The zero-order valence-corrected chi connectivity index (χ0v) is 23.9. The molecule has 1 aliphatic carbocycles. The molecule has 1 atom stereocenters. The second kappa shape index (κ2) is 11.2. The largest absolute Gasteiger partial charge is 0.755 e. The molecule has 4 aromatic rings. The third-order valence-corrected chi connectivity index (χ3v) is 8.52. The van der Waals surface area contributed by atoms with E-state index < -0.39 is 28.9 Å². The molecular formula is C28H22BrClF3N2O4S-. The van der Waals surface area contributed by atoms with Crippen molar-refractivity contribution in [1.82, 2.24) is 0 Å². The molecule has 0 radical (unpaired) electrons. The van der Waals surface area contributed by atoms with Crippen LogP contribution in [0.3, 0.4) is 0 Å². The van der Waals surface area contributed by atoms with E-state index in [9.17, 15) is 26.7 Å². The molecule has 210 valence electrons. The number of carbonyl (C=O) groups is 1. The summed E-state index contributed by atoms with van der Waals surface area (Å²) >= 11 is 6.19. The van der Waals surface area contributed by atoms with Crippen molar-refractivity contribution in [2.24, 2.45) is 11.7 Å². The predicted octanol–water partition coefficient (Wildman–Crippen LogP) is 7.43. The summed E-state index contributed by atoms with van der Waals surface area (Å²) in [6, 6.07) is 13.8. The van der Waals surface area contributed by atoms with Crippen LogP contribution in [-0.2, 0) is 30.3 Å². The molecule has 1 fully saturated rings. The van der Waals surface area contributed by atoms with Crippen molar-refractivity contribution >= 4 is 61.4 Å². The Bertz CT molecular complexity index is 1620. The molecule has 5 rings (SSSR count). The summed E-state index contributed by atoms with van der Waals surface area (Å²) in [5.41, 5.74) is 7.26. The van der Waals surface area contributed by atoms with E-state index in [4.69, 9.17) is 21.8 Å². The van der Waals surface area contributed by atoms with Gasteiger partial charge in [0.15, 0.2) is 0 Å². The highest BCUT2D eigenvalue weighted by molar-refractivity contribution is 9.10. The van der Waals surface area contributed by atoms with E-state index in [1.165, 1.54) is 12.1 Å². The minimum absolute atomic E-state index is 0.0337. The Morgan fingerprint density at radius 2 is 1.85 bits per heavy atom. The average Bonchev–Trinajstić information content (AvgIpc) is 3.62. The van der Waals surface area contributed by atoms with Gasteiger partial charge in [-0.2, -0.15) is 13.2 Å². The van der Waals surface area contributed by atoms with Gasteiger partial charge in [-0.25, -0.2) is 0 Å². The topological polar surface area (TPSA) is 99.6 Å². The second-order valence-electron chi connectivity index (χ2n) is 9.68. The maximum Gasteiger partial charge on any atom is 0.417 e. The van der Waals surface area contributed by atoms with Crippen molar-refractivity contribution in [3.8, 4) is 11.3 Å². The van der Waals surface area contributed by atoms with E-state index in [1.807, 2.05) is 0 Å². The SMILES string of the molecule is NC(=O)c1c(-c2ccc(Cl)cc2)oc2cc(N(CCc3ccc(Br)c(C(F)(F)F)c3)S(=O)[O-])c(CC3CC3)cc12. The lowest BCUT2D eigenvalue weighted by atomic mass is 9.99. The van der Waals surface area contributed by atoms with Crippen molar-refractivity contribution in [2.45, 2.75) is 31.9 Å². The Balaban J connectivity index is 1.57. The van der Waals surface area contributed by atoms with Gasteiger partial charge in [-0.15, -0.1) is 0 Å². The number of hydrogen-bond acceptors (Lipinski definition) is 4. The van der Waals surface area contributed by atoms with E-state index in [0.717, 1.165) is 23.2 Å². The summed E-state index contributed by atoms with van der Waals surface area (Å²) in [6.07, 6.45) is -1.99. The maximum absolute atomic E-state index is 13.4. The first-order chi connectivity index (χ1) is 18.9. The Kier molecular flexibility index (Phi) is 8.02. The van der Waals surface area contributed by atoms with Gasteiger partial charge in [-0.1, -0.05) is 33.6 Å². The fourth-order valence-corrected chi connectivity index (χ4v) is 5.87. The second-order valence-corrected chi connectivity index (χ2v) is 11.8. The number of carbonyl (C=O) groups excluding carboxylic acids is 1. The van der Waals surface area contributed by atoms with Crippen LogP contribution < -0.4 is 10.0 Å². The Hall–Kier alpha value is -2.86. The van der Waals surface area contributed by atoms with Crippen LogP contribution in [0.4, 0.5) is 18.9 Å². The summed E-state index contributed by atoms with van der Waals surface area (Å²) in [5, 5.41) is 0.951. The molecule has 0 bridgehead atoms. The molecule has 1 amide bonds. The van der Waals surface area contributed by atoms with Crippen LogP contribution in [-0.4, -0.2) is 21.2 Å². The van der Waals surface area contributed by atoms with Gasteiger partial charge in [-0.3, -0.25) is 9.00 Å². The van der Waals surface area contributed by atoms with Crippen molar-refractivity contribution in [3.05, 3.63) is 86.3 Å². The van der Waals surface area contributed by atoms with Crippen LogP contribution in [0.2, 0.25) is 5.02 Å². The van der Waals surface area contributed by atoms with Crippen molar-refractivity contribution in [2.75, 3.05) is 10.8 Å². The average molecular weight is 655 g/mol. The minimum Gasteiger partial charge on any atom is -0.755 e. The molecule has 3 aromatic carbocycles. The van der Waals surface area contributed by atoms with Gasteiger partial charge in [0, 0.05) is 44.3 Å². The summed E-state index contributed by atoms with van der Waals surface area (Å²) < 4.78 is 72.2. The number of alkyl halides is 3. The molecule has 1 aliphatic rings. The quantitative estimate of drug-likeness (QED) is 0.190. The third-order valence-electron chi connectivity index (χ3n) is 6.84. The number of furan rings is 1. The fourth-order valence-electron chi connectivity index (χ4n) is 4.71. The number of fused-ring (bicyclic) bond motifs is 1. The minimum atomic E-state index is -4.56. The molecule has 40 heavy (non-hydrogen) atoms. The number of amides is 1. The number of hydrogen-bond donors (Lipinski definition) is 1. The lowest BCUT2D eigenvalue weighted by molar-refractivity contribution is -0.138. The molecule has 12 heteroatoms. The summed E-state index contributed by atoms with van der Waals surface area (Å²) in [4.78, 5) is 12.5. The van der Waals surface area contributed by atoms with E-state index in [2.05, 4.69) is 15.9 Å². The van der Waals surface area contributed by atoms with Gasteiger partial charge in [0.2, 0.25) is 0 Å². The summed E-state index contributed by atoms with van der Waals surface area (Å²) in [5.74, 6) is -0.106. The predicted molar refractivity (Wildman–Crippen MR) is 151 cm³/mol. The lowest BCUT2D eigenvalue weighted by Gasteiger charge is -2.29. The zero-order chi connectivity index (χ0) is 28.8. The van der Waals surface area contributed by atoms with Crippen molar-refractivity contribution < 1.29 is 31.1 Å². The molecule has 1 saturated carbocycles. The van der Waals surface area contributed by atoms with Crippen LogP contribution >= 0.6 is 27.5 Å². The van der Waals surface area contributed by atoms with Gasteiger partial charge >= 0.3 is 6.18 Å². The standard InChI is InChI=1S/C28H23BrClF3N2O4S/c29-22-8-3-16(12-21(22)28(31,32)33)9-10-35(40(37)38)23-14-24-20(13-18(23)11-15-1-2-15)25(27(34)36)26(39-24)17-4-6-19(30)7-5-17/h3-8,12-15H,1-2,9-11H2,(H2,34,36)(H,37,38)/p-1. The Morgan fingerprint density at radius 3 is 2.45 bits per heavy atom. The van der Waals surface area contributed by atoms with E-state index in [0.29, 0.717) is 45.1 Å². The number of halogens is 5. The molecule has 0 spiro atoms. The van der Waals surface area contributed by atoms with Crippen LogP contribution in [0.5, 0.6) is 0 Å². The van der Waals surface area contributed by atoms with E-state index in [-0.39, 0.29) is 34.3 Å². The van der Waals surface area contributed by atoms with E-state index in [1.54, 1.807) is 36.4 Å². The number of nitrogens with zero attached hydrogens (tertiary/aromatic N) is 1. The smallest absolute Gasteiger partial charge is 0.417 e. The number of nitrogens with two attached hydrogens (primary N) is 1. The van der Waals surface area contributed by atoms with Crippen LogP contribution in [0.25, 0.3) is 22.3 Å². The molecule has 1 heterocycles. The van der Waals surface area contributed by atoms with Crippen LogP contribution in [0, 0.1) is 5.92 Å². The first kappa shape index (κ1) is 28.7. The van der Waals surface area contributed by atoms with Crippen molar-refractivity contribution in [1.29, 1.82) is 0 Å². The number of rotatable bonds is 9. The summed E-state index contributed by atoms with van der Waals surface area (Å²) in [6.45, 7) is -0.106. The highest BCUT2D eigenvalue weighted by Crippen LogP contribution is 2.41. The van der Waals surface area contributed by atoms with Crippen LogP contribution in [0.1, 0.15) is 39.9 Å². The van der Waals surface area contributed by atoms with Gasteiger partial charge < -0.3 is 19.0 Å². The Labute approximate surface area is 243 Å². The molecular weight excluding hydrogens is 633 g/mol. The molecule has 1 unspecified atom stereocenters. The molecule has 0 saturated heterocycles. The third kappa shape index (κ3) is 6.07. The highest BCUT2D eigenvalue weighted by Gasteiger charge is 2.33. The number of anilines is 1. The van der Waals surface area contributed by atoms with Crippen molar-refractivity contribution in [3.63, 3.8) is 0 Å². The maximum atomic E-state index is 13.4. The van der Waals surface area contributed by atoms with Gasteiger partial charge in [0.1, 0.15) is 11.3 Å². The van der Waals surface area contributed by atoms with Gasteiger partial charge in [0.05, 0.1) is 16.8 Å². The fraction of sp³-hybridized carbons (Fsp3) is 0.250.